The van der Waals surface area contributed by atoms with Crippen LogP contribution in [0.5, 0.6) is 0 Å². The third kappa shape index (κ3) is 3.86. The summed E-state index contributed by atoms with van der Waals surface area (Å²) in [4.78, 5) is 14.8. The van der Waals surface area contributed by atoms with Crippen molar-refractivity contribution in [1.29, 1.82) is 0 Å². The molecule has 1 aliphatic carbocycles. The highest BCUT2D eigenvalue weighted by Crippen LogP contribution is 2.26. The zero-order valence-electron chi connectivity index (χ0n) is 13.5. The predicted molar refractivity (Wildman–Crippen MR) is 90.3 cm³/mol. The fourth-order valence-electron chi connectivity index (χ4n) is 3.18. The highest BCUT2D eigenvalue weighted by atomic mass is 32.2. The molecule has 5 nitrogen and oxygen atoms in total. The summed E-state index contributed by atoms with van der Waals surface area (Å²) in [7, 11) is -3.15. The van der Waals surface area contributed by atoms with E-state index < -0.39 is 9.84 Å². The van der Waals surface area contributed by atoms with Crippen LogP contribution in [0.15, 0.2) is 29.2 Å². The van der Waals surface area contributed by atoms with Crippen LogP contribution in [0.25, 0.3) is 0 Å². The Morgan fingerprint density at radius 1 is 1.09 bits per heavy atom. The summed E-state index contributed by atoms with van der Waals surface area (Å²) >= 11 is 0. The molecule has 3 rings (SSSR count). The molecule has 0 aromatic heterocycles. The van der Waals surface area contributed by atoms with Gasteiger partial charge < -0.3 is 10.2 Å². The first-order valence-corrected chi connectivity index (χ1v) is 10.2. The number of carbonyl (C=O) groups excluding carboxylic acids is 1. The number of anilines is 1. The second-order valence-corrected chi connectivity index (χ2v) is 8.68. The Morgan fingerprint density at radius 3 is 2.17 bits per heavy atom. The number of hydrogen-bond donors (Lipinski definition) is 1. The van der Waals surface area contributed by atoms with Crippen LogP contribution in [-0.2, 0) is 14.6 Å². The van der Waals surface area contributed by atoms with Crippen LogP contribution in [-0.4, -0.2) is 39.7 Å². The number of rotatable bonds is 4. The lowest BCUT2D eigenvalue weighted by molar-refractivity contribution is -0.126. The van der Waals surface area contributed by atoms with E-state index in [0.29, 0.717) is 10.9 Å². The number of benzene rings is 1. The summed E-state index contributed by atoms with van der Waals surface area (Å²) in [6.07, 6.45) is 6.40. The fourth-order valence-corrected chi connectivity index (χ4v) is 3.81. The van der Waals surface area contributed by atoms with Crippen LogP contribution in [0.2, 0.25) is 0 Å². The molecule has 2 aliphatic rings. The van der Waals surface area contributed by atoms with Crippen LogP contribution in [0.3, 0.4) is 0 Å². The summed E-state index contributed by atoms with van der Waals surface area (Å²) in [6.45, 7) is 1.67. The van der Waals surface area contributed by atoms with Gasteiger partial charge in [-0.2, -0.15) is 0 Å². The molecule has 0 bridgehead atoms. The van der Waals surface area contributed by atoms with E-state index >= 15 is 0 Å². The predicted octanol–water partition coefficient (Wildman–Crippen LogP) is 1.98. The molecule has 1 aliphatic heterocycles. The Kier molecular flexibility index (Phi) is 4.62. The van der Waals surface area contributed by atoms with Crippen molar-refractivity contribution in [2.75, 3.05) is 24.2 Å². The van der Waals surface area contributed by atoms with E-state index in [9.17, 15) is 13.2 Å². The molecule has 2 fully saturated rings. The van der Waals surface area contributed by atoms with Gasteiger partial charge in [0, 0.05) is 37.0 Å². The molecule has 1 saturated heterocycles. The van der Waals surface area contributed by atoms with Crippen molar-refractivity contribution >= 4 is 21.4 Å². The molecule has 1 aromatic rings. The lowest BCUT2D eigenvalue weighted by Gasteiger charge is -2.35. The van der Waals surface area contributed by atoms with Crippen LogP contribution in [0.1, 0.15) is 32.1 Å². The molecule has 23 heavy (non-hydrogen) atoms. The monoisotopic (exact) mass is 336 g/mol. The van der Waals surface area contributed by atoms with Gasteiger partial charge in [-0.25, -0.2) is 8.42 Å². The van der Waals surface area contributed by atoms with Gasteiger partial charge >= 0.3 is 0 Å². The molecule has 0 atom stereocenters. The van der Waals surface area contributed by atoms with Gasteiger partial charge in [-0.1, -0.05) is 0 Å². The van der Waals surface area contributed by atoms with Gasteiger partial charge in [0.25, 0.3) is 0 Å². The first-order valence-electron chi connectivity index (χ1n) is 8.29. The Hall–Kier alpha value is -1.56. The minimum atomic E-state index is -3.15. The van der Waals surface area contributed by atoms with Crippen molar-refractivity contribution in [3.8, 4) is 0 Å². The Balaban J connectivity index is 1.55. The SMILES string of the molecule is CS(=O)(=O)c1ccc(N2CCC(C(=O)NC3CCC3)CC2)cc1. The quantitative estimate of drug-likeness (QED) is 0.913. The molecule has 126 valence electrons. The first kappa shape index (κ1) is 16.3. The number of carbonyl (C=O) groups is 1. The van der Waals surface area contributed by atoms with E-state index in [1.165, 1.54) is 12.7 Å². The van der Waals surface area contributed by atoms with E-state index in [4.69, 9.17) is 0 Å². The van der Waals surface area contributed by atoms with E-state index in [-0.39, 0.29) is 11.8 Å². The zero-order valence-corrected chi connectivity index (χ0v) is 14.3. The van der Waals surface area contributed by atoms with E-state index in [1.807, 2.05) is 12.1 Å². The lowest BCUT2D eigenvalue weighted by Crippen LogP contribution is -2.46. The summed E-state index contributed by atoms with van der Waals surface area (Å²) in [6, 6.07) is 7.42. The Labute approximate surface area is 138 Å². The van der Waals surface area contributed by atoms with Gasteiger partial charge in [-0.3, -0.25) is 4.79 Å². The number of amides is 1. The Bertz CT molecular complexity index is 658. The summed E-state index contributed by atoms with van der Waals surface area (Å²) in [5.74, 6) is 0.323. The molecule has 1 saturated carbocycles. The molecule has 6 heteroatoms. The molecule has 0 unspecified atom stereocenters. The van der Waals surface area contributed by atoms with Crippen LogP contribution >= 0.6 is 0 Å². The summed E-state index contributed by atoms with van der Waals surface area (Å²) < 4.78 is 23.0. The second kappa shape index (κ2) is 6.51. The van der Waals surface area contributed by atoms with Crippen molar-refractivity contribution in [3.63, 3.8) is 0 Å². The number of hydrogen-bond acceptors (Lipinski definition) is 4. The molecule has 0 radical (unpaired) electrons. The molecule has 0 spiro atoms. The Morgan fingerprint density at radius 2 is 1.70 bits per heavy atom. The smallest absolute Gasteiger partial charge is 0.223 e. The second-order valence-electron chi connectivity index (χ2n) is 6.66. The summed E-state index contributed by atoms with van der Waals surface area (Å²) in [5.41, 5.74) is 1.02. The maximum atomic E-state index is 12.2. The third-order valence-corrected chi connectivity index (χ3v) is 6.08. The van der Waals surface area contributed by atoms with Crippen molar-refractivity contribution < 1.29 is 13.2 Å². The maximum Gasteiger partial charge on any atom is 0.223 e. The standard InChI is InChI=1S/C17H24N2O3S/c1-23(21,22)16-7-5-15(6-8-16)19-11-9-13(10-12-19)17(20)18-14-3-2-4-14/h5-8,13-14H,2-4,9-12H2,1H3,(H,18,20). The first-order chi connectivity index (χ1) is 10.9. The highest BCUT2D eigenvalue weighted by molar-refractivity contribution is 7.90. The van der Waals surface area contributed by atoms with Crippen LogP contribution in [0, 0.1) is 5.92 Å². The van der Waals surface area contributed by atoms with Crippen molar-refractivity contribution in [2.45, 2.75) is 43.0 Å². The van der Waals surface area contributed by atoms with E-state index in [0.717, 1.165) is 44.5 Å². The number of nitrogens with one attached hydrogen (secondary N) is 1. The van der Waals surface area contributed by atoms with Gasteiger partial charge in [-0.05, 0) is 56.4 Å². The third-order valence-electron chi connectivity index (χ3n) is 4.95. The highest BCUT2D eigenvalue weighted by Gasteiger charge is 2.28. The molecule has 1 N–H and O–H groups in total. The lowest BCUT2D eigenvalue weighted by atomic mass is 9.90. The average Bonchev–Trinajstić information content (AvgIpc) is 2.50. The van der Waals surface area contributed by atoms with E-state index in [1.54, 1.807) is 12.1 Å². The normalized spacial score (nSPS) is 20.1. The molecular formula is C17H24N2O3S. The van der Waals surface area contributed by atoms with Crippen molar-refractivity contribution in [2.24, 2.45) is 5.92 Å². The van der Waals surface area contributed by atoms with Crippen LogP contribution < -0.4 is 10.2 Å². The van der Waals surface area contributed by atoms with Gasteiger partial charge in [0.05, 0.1) is 4.90 Å². The fraction of sp³-hybridized carbons (Fsp3) is 0.588. The van der Waals surface area contributed by atoms with Crippen LogP contribution in [0.4, 0.5) is 5.69 Å². The van der Waals surface area contributed by atoms with Crippen molar-refractivity contribution in [3.05, 3.63) is 24.3 Å². The molecular weight excluding hydrogens is 312 g/mol. The van der Waals surface area contributed by atoms with E-state index in [2.05, 4.69) is 10.2 Å². The molecule has 1 aromatic carbocycles. The van der Waals surface area contributed by atoms with Crippen molar-refractivity contribution in [1.82, 2.24) is 5.32 Å². The van der Waals surface area contributed by atoms with Gasteiger partial charge in [0.1, 0.15) is 0 Å². The largest absolute Gasteiger partial charge is 0.371 e. The minimum absolute atomic E-state index is 0.113. The van der Waals surface area contributed by atoms with Gasteiger partial charge in [0.15, 0.2) is 9.84 Å². The molecule has 1 heterocycles. The minimum Gasteiger partial charge on any atom is -0.371 e. The average molecular weight is 336 g/mol. The number of nitrogens with zero attached hydrogens (tertiary/aromatic N) is 1. The topological polar surface area (TPSA) is 66.5 Å². The van der Waals surface area contributed by atoms with Gasteiger partial charge in [-0.15, -0.1) is 0 Å². The van der Waals surface area contributed by atoms with Gasteiger partial charge in [0.2, 0.25) is 5.91 Å². The molecule has 1 amide bonds. The maximum absolute atomic E-state index is 12.2. The number of piperidine rings is 1. The summed E-state index contributed by atoms with van der Waals surface area (Å²) in [5, 5.41) is 3.14. The zero-order chi connectivity index (χ0) is 16.4. The number of sulfone groups is 1.